The van der Waals surface area contributed by atoms with Crippen LogP contribution < -0.4 is 10.1 Å². The van der Waals surface area contributed by atoms with Crippen LogP contribution in [0.3, 0.4) is 0 Å². The van der Waals surface area contributed by atoms with Crippen molar-refractivity contribution < 1.29 is 14.3 Å². The second-order valence-electron chi connectivity index (χ2n) is 8.86. The minimum Gasteiger partial charge on any atom is -0.483 e. The maximum absolute atomic E-state index is 13.3. The molecule has 5 nitrogen and oxygen atoms in total. The van der Waals surface area contributed by atoms with Gasteiger partial charge in [0, 0.05) is 13.1 Å². The third kappa shape index (κ3) is 6.84. The number of hydrogen-bond donors (Lipinski definition) is 1. The van der Waals surface area contributed by atoms with Crippen LogP contribution in [-0.2, 0) is 21.5 Å². The smallest absolute Gasteiger partial charge is 0.261 e. The molecule has 2 aromatic rings. The fraction of sp³-hybridized carbons (Fsp3) is 0.462. The topological polar surface area (TPSA) is 58.6 Å². The van der Waals surface area contributed by atoms with Gasteiger partial charge in [-0.1, -0.05) is 75.7 Å². The van der Waals surface area contributed by atoms with Crippen molar-refractivity contribution in [2.24, 2.45) is 0 Å². The Hall–Kier alpha value is -2.82. The van der Waals surface area contributed by atoms with Crippen molar-refractivity contribution in [1.82, 2.24) is 10.2 Å². The van der Waals surface area contributed by atoms with Gasteiger partial charge in [-0.25, -0.2) is 0 Å². The van der Waals surface area contributed by atoms with Gasteiger partial charge in [-0.15, -0.1) is 0 Å². The normalized spacial score (nSPS) is 12.2. The van der Waals surface area contributed by atoms with Gasteiger partial charge in [0.05, 0.1) is 0 Å². The molecule has 2 rings (SSSR count). The van der Waals surface area contributed by atoms with E-state index in [2.05, 4.69) is 26.1 Å². The molecule has 2 aromatic carbocycles. The van der Waals surface area contributed by atoms with Gasteiger partial charge in [0.15, 0.2) is 6.61 Å². The monoisotopic (exact) mass is 424 g/mol. The summed E-state index contributed by atoms with van der Waals surface area (Å²) in [6.07, 6.45) is 0.530. The first-order valence-corrected chi connectivity index (χ1v) is 11.0. The molecule has 0 aliphatic rings. The van der Waals surface area contributed by atoms with E-state index in [1.54, 1.807) is 4.90 Å². The van der Waals surface area contributed by atoms with Crippen molar-refractivity contribution in [2.45, 2.75) is 66.0 Å². The van der Waals surface area contributed by atoms with Crippen LogP contribution in [0.15, 0.2) is 48.5 Å². The van der Waals surface area contributed by atoms with E-state index < -0.39 is 6.04 Å². The van der Waals surface area contributed by atoms with Crippen LogP contribution in [0, 0.1) is 6.92 Å². The van der Waals surface area contributed by atoms with Gasteiger partial charge in [0.25, 0.3) is 5.91 Å². The summed E-state index contributed by atoms with van der Waals surface area (Å²) in [4.78, 5) is 27.6. The quantitative estimate of drug-likeness (QED) is 0.639. The Morgan fingerprint density at radius 3 is 2.39 bits per heavy atom. The number of rotatable bonds is 9. The molecular formula is C26H36N2O3. The molecule has 0 aromatic heterocycles. The first-order chi connectivity index (χ1) is 14.7. The number of nitrogens with zero attached hydrogens (tertiary/aromatic N) is 1. The number of nitrogens with one attached hydrogen (secondary N) is 1. The van der Waals surface area contributed by atoms with E-state index in [1.807, 2.05) is 69.3 Å². The molecule has 1 atom stereocenters. The van der Waals surface area contributed by atoms with Gasteiger partial charge in [-0.05, 0) is 42.9 Å². The lowest BCUT2D eigenvalue weighted by molar-refractivity contribution is -0.142. The summed E-state index contributed by atoms with van der Waals surface area (Å²) in [5, 5.41) is 2.86. The number of amides is 2. The lowest BCUT2D eigenvalue weighted by Gasteiger charge is -2.31. The van der Waals surface area contributed by atoms with E-state index in [-0.39, 0.29) is 23.8 Å². The predicted molar refractivity (Wildman–Crippen MR) is 125 cm³/mol. The van der Waals surface area contributed by atoms with Gasteiger partial charge >= 0.3 is 0 Å². The summed E-state index contributed by atoms with van der Waals surface area (Å²) in [6.45, 7) is 12.9. The second kappa shape index (κ2) is 11.0. The lowest BCUT2D eigenvalue weighted by Crippen LogP contribution is -2.50. The van der Waals surface area contributed by atoms with E-state index in [0.717, 1.165) is 16.7 Å². The van der Waals surface area contributed by atoms with Crippen LogP contribution in [0.25, 0.3) is 0 Å². The number of para-hydroxylation sites is 1. The highest BCUT2D eigenvalue weighted by Gasteiger charge is 2.29. The summed E-state index contributed by atoms with van der Waals surface area (Å²) in [7, 11) is 0. The molecule has 1 N–H and O–H groups in total. The molecule has 168 valence electrons. The second-order valence-corrected chi connectivity index (χ2v) is 8.86. The fourth-order valence-electron chi connectivity index (χ4n) is 3.65. The third-order valence-corrected chi connectivity index (χ3v) is 5.22. The summed E-state index contributed by atoms with van der Waals surface area (Å²) in [6, 6.07) is 15.3. The molecule has 0 unspecified atom stereocenters. The zero-order valence-electron chi connectivity index (χ0n) is 19.7. The largest absolute Gasteiger partial charge is 0.483 e. The molecular weight excluding hydrogens is 388 g/mol. The third-order valence-electron chi connectivity index (χ3n) is 5.22. The maximum Gasteiger partial charge on any atom is 0.261 e. The van der Waals surface area contributed by atoms with Gasteiger partial charge < -0.3 is 15.0 Å². The van der Waals surface area contributed by atoms with Crippen molar-refractivity contribution in [3.8, 4) is 5.75 Å². The zero-order valence-corrected chi connectivity index (χ0v) is 19.7. The van der Waals surface area contributed by atoms with Crippen LogP contribution in [0.4, 0.5) is 0 Å². The molecule has 0 saturated carbocycles. The van der Waals surface area contributed by atoms with Crippen LogP contribution in [0.1, 0.15) is 57.7 Å². The Balaban J connectivity index is 2.26. The van der Waals surface area contributed by atoms with Crippen molar-refractivity contribution in [1.29, 1.82) is 0 Å². The van der Waals surface area contributed by atoms with Crippen molar-refractivity contribution in [2.75, 3.05) is 13.2 Å². The lowest BCUT2D eigenvalue weighted by atomic mass is 9.86. The van der Waals surface area contributed by atoms with E-state index in [4.69, 9.17) is 4.74 Å². The Bertz CT molecular complexity index is 886. The van der Waals surface area contributed by atoms with E-state index >= 15 is 0 Å². The van der Waals surface area contributed by atoms with Gasteiger partial charge in [0.1, 0.15) is 11.8 Å². The molecule has 31 heavy (non-hydrogen) atoms. The summed E-state index contributed by atoms with van der Waals surface area (Å²) in [5.41, 5.74) is 3.05. The predicted octanol–water partition coefficient (Wildman–Crippen LogP) is 4.61. The highest BCUT2D eigenvalue weighted by Crippen LogP contribution is 2.31. The average Bonchev–Trinajstić information content (AvgIpc) is 2.71. The zero-order chi connectivity index (χ0) is 23.0. The van der Waals surface area contributed by atoms with E-state index in [9.17, 15) is 9.59 Å². The van der Waals surface area contributed by atoms with Gasteiger partial charge in [0.2, 0.25) is 5.91 Å². The fourth-order valence-corrected chi connectivity index (χ4v) is 3.65. The van der Waals surface area contributed by atoms with Crippen LogP contribution in [-0.4, -0.2) is 35.9 Å². The highest BCUT2D eigenvalue weighted by molar-refractivity contribution is 5.88. The molecule has 0 aliphatic carbocycles. The van der Waals surface area contributed by atoms with Crippen molar-refractivity contribution in [3.05, 3.63) is 65.2 Å². The van der Waals surface area contributed by atoms with Crippen molar-refractivity contribution in [3.63, 3.8) is 0 Å². The molecule has 0 aliphatic heterocycles. The molecule has 0 saturated heterocycles. The molecule has 5 heteroatoms. The van der Waals surface area contributed by atoms with Crippen LogP contribution in [0.5, 0.6) is 5.75 Å². The maximum atomic E-state index is 13.3. The number of hydrogen-bond acceptors (Lipinski definition) is 3. The first kappa shape index (κ1) is 24.4. The minimum atomic E-state index is -0.547. The molecule has 2 amide bonds. The standard InChI is InChI=1S/C26H36N2O3/c1-7-22(25(30)27-8-2)28(17-20-13-11-12-19(3)16-20)24(29)18-31-23-15-10-9-14-21(23)26(4,5)6/h9-16,22H,7-8,17-18H2,1-6H3,(H,27,30)/t22-/m1/s1. The number of carbonyl (C=O) groups is 2. The SMILES string of the molecule is CCNC(=O)[C@@H](CC)N(Cc1cccc(C)c1)C(=O)COc1ccccc1C(C)(C)C. The number of ether oxygens (including phenoxy) is 1. The Kier molecular flexibility index (Phi) is 8.66. The Morgan fingerprint density at radius 1 is 1.06 bits per heavy atom. The number of carbonyl (C=O) groups excluding carboxylic acids is 2. The highest BCUT2D eigenvalue weighted by atomic mass is 16.5. The molecule has 0 radical (unpaired) electrons. The molecule has 0 bridgehead atoms. The minimum absolute atomic E-state index is 0.103. The van der Waals surface area contributed by atoms with E-state index in [0.29, 0.717) is 25.3 Å². The van der Waals surface area contributed by atoms with Crippen LogP contribution in [0.2, 0.25) is 0 Å². The number of aryl methyl sites for hydroxylation is 1. The summed E-state index contributed by atoms with van der Waals surface area (Å²) in [5.74, 6) is 0.356. The number of benzene rings is 2. The van der Waals surface area contributed by atoms with Crippen molar-refractivity contribution >= 4 is 11.8 Å². The molecule has 0 spiro atoms. The molecule has 0 fully saturated rings. The number of likely N-dealkylation sites (N-methyl/N-ethyl adjacent to an activating group) is 1. The summed E-state index contributed by atoms with van der Waals surface area (Å²) >= 11 is 0. The van der Waals surface area contributed by atoms with Crippen LogP contribution >= 0.6 is 0 Å². The van der Waals surface area contributed by atoms with Gasteiger partial charge in [-0.3, -0.25) is 9.59 Å². The summed E-state index contributed by atoms with van der Waals surface area (Å²) < 4.78 is 5.98. The molecule has 0 heterocycles. The first-order valence-electron chi connectivity index (χ1n) is 11.0. The Labute approximate surface area is 186 Å². The van der Waals surface area contributed by atoms with E-state index in [1.165, 1.54) is 0 Å². The van der Waals surface area contributed by atoms with Gasteiger partial charge in [-0.2, -0.15) is 0 Å². The average molecular weight is 425 g/mol. The Morgan fingerprint density at radius 2 is 1.77 bits per heavy atom.